The fourth-order valence-corrected chi connectivity index (χ4v) is 4.98. The van der Waals surface area contributed by atoms with Gasteiger partial charge in [-0.05, 0) is 24.6 Å². The standard InChI is InChI=1S/C22H17N5O4S2/c1-13-23-21(17-11-18(33-22(17)24-13)14-6-3-2-4-7-14)32-12-19(28)25-26-20(29)15-8-5-9-16(10-15)27(30)31/h2-11H,12H2,1H3,(H,25,28)(H,26,29). The van der Waals surface area contributed by atoms with Crippen molar-refractivity contribution in [2.24, 2.45) is 0 Å². The lowest BCUT2D eigenvalue weighted by molar-refractivity contribution is -0.384. The van der Waals surface area contributed by atoms with Crippen molar-refractivity contribution in [3.05, 3.63) is 82.2 Å². The van der Waals surface area contributed by atoms with E-state index in [0.29, 0.717) is 10.9 Å². The third-order valence-electron chi connectivity index (χ3n) is 4.50. The summed E-state index contributed by atoms with van der Waals surface area (Å²) in [5.74, 6) is -0.479. The number of benzene rings is 2. The van der Waals surface area contributed by atoms with E-state index in [1.165, 1.54) is 30.0 Å². The van der Waals surface area contributed by atoms with Crippen LogP contribution in [0.5, 0.6) is 0 Å². The highest BCUT2D eigenvalue weighted by molar-refractivity contribution is 8.00. The number of nitrogens with one attached hydrogen (secondary N) is 2. The third-order valence-corrected chi connectivity index (χ3v) is 6.57. The normalized spacial score (nSPS) is 10.7. The minimum Gasteiger partial charge on any atom is -0.272 e. The highest BCUT2D eigenvalue weighted by Crippen LogP contribution is 2.36. The third kappa shape index (κ3) is 5.33. The van der Waals surface area contributed by atoms with Gasteiger partial charge < -0.3 is 0 Å². The van der Waals surface area contributed by atoms with Crippen LogP contribution in [0, 0.1) is 17.0 Å². The number of non-ortho nitro benzene ring substituents is 1. The van der Waals surface area contributed by atoms with Crippen molar-refractivity contribution in [3.8, 4) is 10.4 Å². The van der Waals surface area contributed by atoms with Gasteiger partial charge in [-0.15, -0.1) is 11.3 Å². The van der Waals surface area contributed by atoms with Gasteiger partial charge in [0.05, 0.1) is 10.7 Å². The quantitative estimate of drug-likeness (QED) is 0.184. The van der Waals surface area contributed by atoms with E-state index in [1.54, 1.807) is 18.3 Å². The topological polar surface area (TPSA) is 127 Å². The number of carbonyl (C=O) groups is 2. The summed E-state index contributed by atoms with van der Waals surface area (Å²) >= 11 is 2.80. The molecule has 2 aromatic carbocycles. The number of nitro benzene ring substituents is 1. The molecule has 0 atom stereocenters. The Hall–Kier alpha value is -3.83. The van der Waals surface area contributed by atoms with Gasteiger partial charge >= 0.3 is 0 Å². The van der Waals surface area contributed by atoms with E-state index in [1.807, 2.05) is 36.4 Å². The molecule has 4 aromatic rings. The van der Waals surface area contributed by atoms with Crippen LogP contribution >= 0.6 is 23.1 Å². The molecule has 0 aliphatic carbocycles. The molecule has 0 bridgehead atoms. The zero-order valence-corrected chi connectivity index (χ0v) is 18.9. The van der Waals surface area contributed by atoms with Crippen LogP contribution < -0.4 is 10.9 Å². The van der Waals surface area contributed by atoms with Crippen molar-refractivity contribution in [2.75, 3.05) is 5.75 Å². The van der Waals surface area contributed by atoms with Crippen molar-refractivity contribution in [2.45, 2.75) is 11.9 Å². The average Bonchev–Trinajstić information content (AvgIpc) is 3.25. The number of nitro groups is 1. The minimum atomic E-state index is -0.650. The molecule has 2 N–H and O–H groups in total. The summed E-state index contributed by atoms with van der Waals surface area (Å²) in [6.45, 7) is 1.80. The van der Waals surface area contributed by atoms with Crippen LogP contribution in [0.25, 0.3) is 20.7 Å². The highest BCUT2D eigenvalue weighted by atomic mass is 32.2. The van der Waals surface area contributed by atoms with E-state index in [4.69, 9.17) is 0 Å². The molecule has 2 amide bonds. The van der Waals surface area contributed by atoms with Gasteiger partial charge in [-0.1, -0.05) is 48.2 Å². The maximum atomic E-state index is 12.3. The van der Waals surface area contributed by atoms with E-state index in [9.17, 15) is 19.7 Å². The van der Waals surface area contributed by atoms with Crippen molar-refractivity contribution in [1.29, 1.82) is 0 Å². The highest BCUT2D eigenvalue weighted by Gasteiger charge is 2.15. The molecule has 0 fully saturated rings. The zero-order chi connectivity index (χ0) is 23.4. The van der Waals surface area contributed by atoms with Crippen LogP contribution in [0.3, 0.4) is 0 Å². The van der Waals surface area contributed by atoms with E-state index >= 15 is 0 Å². The summed E-state index contributed by atoms with van der Waals surface area (Å²) in [7, 11) is 0. The Morgan fingerprint density at radius 1 is 1.06 bits per heavy atom. The molecule has 0 spiro atoms. The number of fused-ring (bicyclic) bond motifs is 1. The van der Waals surface area contributed by atoms with Crippen LogP contribution in [-0.2, 0) is 4.79 Å². The Labute approximate surface area is 196 Å². The van der Waals surface area contributed by atoms with Crippen molar-refractivity contribution in [3.63, 3.8) is 0 Å². The molecule has 9 nitrogen and oxygen atoms in total. The van der Waals surface area contributed by atoms with Crippen molar-refractivity contribution >= 4 is 50.8 Å². The minimum absolute atomic E-state index is 0.0112. The fraction of sp³-hybridized carbons (Fsp3) is 0.0909. The monoisotopic (exact) mass is 479 g/mol. The number of hydrogen-bond acceptors (Lipinski definition) is 8. The molecule has 0 saturated heterocycles. The Balaban J connectivity index is 1.41. The molecule has 33 heavy (non-hydrogen) atoms. The lowest BCUT2D eigenvalue weighted by Crippen LogP contribution is -2.42. The van der Waals surface area contributed by atoms with Crippen LogP contribution in [-0.4, -0.2) is 32.5 Å². The second-order valence-electron chi connectivity index (χ2n) is 6.87. The molecule has 0 radical (unpaired) electrons. The van der Waals surface area contributed by atoms with Gasteiger partial charge in [-0.3, -0.25) is 30.6 Å². The van der Waals surface area contributed by atoms with E-state index in [2.05, 4.69) is 20.8 Å². The van der Waals surface area contributed by atoms with Gasteiger partial charge in [-0.25, -0.2) is 9.97 Å². The first-order valence-electron chi connectivity index (χ1n) is 9.71. The molecule has 0 saturated carbocycles. The second-order valence-corrected chi connectivity index (χ2v) is 8.86. The Morgan fingerprint density at radius 3 is 2.61 bits per heavy atom. The van der Waals surface area contributed by atoms with Crippen LogP contribution in [0.15, 0.2) is 65.7 Å². The van der Waals surface area contributed by atoms with Crippen molar-refractivity contribution in [1.82, 2.24) is 20.8 Å². The number of hydrazine groups is 1. The number of nitrogens with zero attached hydrogens (tertiary/aromatic N) is 3. The molecule has 0 aliphatic heterocycles. The lowest BCUT2D eigenvalue weighted by Gasteiger charge is -2.08. The van der Waals surface area contributed by atoms with Crippen LogP contribution in [0.1, 0.15) is 16.2 Å². The summed E-state index contributed by atoms with van der Waals surface area (Å²) in [5, 5.41) is 12.4. The van der Waals surface area contributed by atoms with Gasteiger partial charge in [0.15, 0.2) is 0 Å². The zero-order valence-electron chi connectivity index (χ0n) is 17.3. The predicted molar refractivity (Wildman–Crippen MR) is 127 cm³/mol. The molecular formula is C22H17N5O4S2. The maximum absolute atomic E-state index is 12.3. The molecule has 4 rings (SSSR count). The van der Waals surface area contributed by atoms with Gasteiger partial charge in [0.2, 0.25) is 5.91 Å². The SMILES string of the molecule is Cc1nc(SCC(=O)NNC(=O)c2cccc([N+](=O)[O-])c2)c2cc(-c3ccccc3)sc2n1. The predicted octanol–water partition coefficient (Wildman–Crippen LogP) is 4.13. The van der Waals surface area contributed by atoms with Gasteiger partial charge in [0.1, 0.15) is 15.7 Å². The van der Waals surface area contributed by atoms with E-state index in [-0.39, 0.29) is 17.0 Å². The number of rotatable bonds is 6. The number of hydrogen-bond donors (Lipinski definition) is 2. The molecule has 2 aromatic heterocycles. The Morgan fingerprint density at radius 2 is 1.85 bits per heavy atom. The largest absolute Gasteiger partial charge is 0.272 e. The molecule has 0 aliphatic rings. The molecule has 2 heterocycles. The maximum Gasteiger partial charge on any atom is 0.270 e. The van der Waals surface area contributed by atoms with E-state index < -0.39 is 16.7 Å². The molecular weight excluding hydrogens is 462 g/mol. The smallest absolute Gasteiger partial charge is 0.270 e. The lowest BCUT2D eigenvalue weighted by atomic mass is 10.2. The summed E-state index contributed by atoms with van der Waals surface area (Å²) in [4.78, 5) is 45.6. The first-order chi connectivity index (χ1) is 15.9. The Kier molecular flexibility index (Phi) is 6.61. The van der Waals surface area contributed by atoms with Gasteiger partial charge in [-0.2, -0.15) is 0 Å². The second kappa shape index (κ2) is 9.76. The summed E-state index contributed by atoms with van der Waals surface area (Å²) < 4.78 is 0. The van der Waals surface area contributed by atoms with Crippen molar-refractivity contribution < 1.29 is 14.5 Å². The number of thioether (sulfide) groups is 1. The fourth-order valence-electron chi connectivity index (χ4n) is 2.98. The number of carbonyl (C=O) groups excluding carboxylic acids is 2. The summed E-state index contributed by atoms with van der Waals surface area (Å²) in [6, 6.07) is 17.2. The van der Waals surface area contributed by atoms with Gasteiger partial charge in [0, 0.05) is 28.0 Å². The molecule has 11 heteroatoms. The number of aryl methyl sites for hydroxylation is 1. The first-order valence-corrected chi connectivity index (χ1v) is 11.5. The molecule has 0 unspecified atom stereocenters. The average molecular weight is 480 g/mol. The number of aromatic nitrogens is 2. The summed E-state index contributed by atoms with van der Waals surface area (Å²) in [6.07, 6.45) is 0. The Bertz CT molecular complexity index is 1360. The van der Waals surface area contributed by atoms with Crippen LogP contribution in [0.2, 0.25) is 0 Å². The first kappa shape index (κ1) is 22.4. The number of amides is 2. The number of thiophene rings is 1. The molecule has 166 valence electrons. The van der Waals surface area contributed by atoms with Gasteiger partial charge in [0.25, 0.3) is 11.6 Å². The summed E-state index contributed by atoms with van der Waals surface area (Å²) in [5.41, 5.74) is 5.53. The van der Waals surface area contributed by atoms with Crippen LogP contribution in [0.4, 0.5) is 5.69 Å². The van der Waals surface area contributed by atoms with E-state index in [0.717, 1.165) is 26.7 Å².